The number of benzene rings is 1. The normalized spacial score (nSPS) is 12.0. The van der Waals surface area contributed by atoms with Crippen LogP contribution in [0, 0.1) is 0 Å². The smallest absolute Gasteiger partial charge is 0.224 e. The van der Waals surface area contributed by atoms with Gasteiger partial charge in [0.25, 0.3) is 0 Å². The van der Waals surface area contributed by atoms with Crippen LogP contribution in [0.15, 0.2) is 36.5 Å². The fraction of sp³-hybridized carbons (Fsp3) is 0.375. The van der Waals surface area contributed by atoms with E-state index >= 15 is 0 Å². The van der Waals surface area contributed by atoms with Gasteiger partial charge in [0, 0.05) is 12.6 Å². The van der Waals surface area contributed by atoms with E-state index in [1.165, 1.54) is 5.56 Å². The molecule has 0 amide bonds. The first-order chi connectivity index (χ1) is 10.2. The highest BCUT2D eigenvalue weighted by atomic mass is 35.5. The van der Waals surface area contributed by atoms with E-state index in [0.29, 0.717) is 16.8 Å². The standard InChI is InChI=1S/C16H21ClN4/c1-3-18-16-19-11-14(17)15(21-16)20-12(2)9-10-13-7-5-4-6-8-13/h4-8,11-12H,3,9-10H2,1-2H3,(H2,18,19,20,21). The minimum absolute atomic E-state index is 0.284. The number of hydrogen-bond acceptors (Lipinski definition) is 4. The van der Waals surface area contributed by atoms with E-state index in [4.69, 9.17) is 11.6 Å². The van der Waals surface area contributed by atoms with Crippen molar-refractivity contribution >= 4 is 23.4 Å². The van der Waals surface area contributed by atoms with Crippen molar-refractivity contribution in [1.82, 2.24) is 9.97 Å². The topological polar surface area (TPSA) is 49.8 Å². The van der Waals surface area contributed by atoms with Crippen molar-refractivity contribution in [2.75, 3.05) is 17.2 Å². The highest BCUT2D eigenvalue weighted by molar-refractivity contribution is 6.32. The van der Waals surface area contributed by atoms with Crippen molar-refractivity contribution in [3.8, 4) is 0 Å². The molecule has 0 radical (unpaired) electrons. The van der Waals surface area contributed by atoms with E-state index in [1.54, 1.807) is 6.20 Å². The molecule has 0 aliphatic heterocycles. The summed E-state index contributed by atoms with van der Waals surface area (Å²) in [6.07, 6.45) is 3.66. The molecule has 0 saturated carbocycles. The molecule has 2 N–H and O–H groups in total. The Balaban J connectivity index is 1.92. The average molecular weight is 305 g/mol. The summed E-state index contributed by atoms with van der Waals surface area (Å²) in [4.78, 5) is 8.53. The van der Waals surface area contributed by atoms with Crippen LogP contribution in [-0.4, -0.2) is 22.6 Å². The summed E-state index contributed by atoms with van der Waals surface area (Å²) < 4.78 is 0. The van der Waals surface area contributed by atoms with Crippen molar-refractivity contribution < 1.29 is 0 Å². The maximum Gasteiger partial charge on any atom is 0.224 e. The molecule has 112 valence electrons. The largest absolute Gasteiger partial charge is 0.366 e. The third-order valence-electron chi connectivity index (χ3n) is 3.17. The highest BCUT2D eigenvalue weighted by Crippen LogP contribution is 2.21. The Hall–Kier alpha value is -1.81. The highest BCUT2D eigenvalue weighted by Gasteiger charge is 2.09. The summed E-state index contributed by atoms with van der Waals surface area (Å²) in [5.41, 5.74) is 1.34. The molecule has 1 unspecified atom stereocenters. The Morgan fingerprint density at radius 2 is 2.00 bits per heavy atom. The van der Waals surface area contributed by atoms with Gasteiger partial charge in [-0.3, -0.25) is 0 Å². The molecule has 0 fully saturated rings. The lowest BCUT2D eigenvalue weighted by molar-refractivity contribution is 0.702. The lowest BCUT2D eigenvalue weighted by Crippen LogP contribution is -2.18. The van der Waals surface area contributed by atoms with Crippen LogP contribution in [0.3, 0.4) is 0 Å². The minimum atomic E-state index is 0.284. The number of nitrogens with zero attached hydrogens (tertiary/aromatic N) is 2. The molecule has 0 spiro atoms. The van der Waals surface area contributed by atoms with Crippen LogP contribution in [-0.2, 0) is 6.42 Å². The minimum Gasteiger partial charge on any atom is -0.366 e. The van der Waals surface area contributed by atoms with Crippen molar-refractivity contribution in [2.24, 2.45) is 0 Å². The quantitative estimate of drug-likeness (QED) is 0.812. The van der Waals surface area contributed by atoms with Gasteiger partial charge in [-0.1, -0.05) is 41.9 Å². The zero-order valence-corrected chi connectivity index (χ0v) is 13.2. The summed E-state index contributed by atoms with van der Waals surface area (Å²) in [7, 11) is 0. The van der Waals surface area contributed by atoms with Crippen molar-refractivity contribution in [2.45, 2.75) is 32.7 Å². The van der Waals surface area contributed by atoms with Crippen molar-refractivity contribution in [1.29, 1.82) is 0 Å². The number of anilines is 2. The number of halogens is 1. The summed E-state index contributed by atoms with van der Waals surface area (Å²) in [6, 6.07) is 10.7. The molecule has 1 aromatic carbocycles. The molecular formula is C16H21ClN4. The molecule has 4 nitrogen and oxygen atoms in total. The maximum atomic E-state index is 6.14. The molecule has 0 saturated heterocycles. The summed E-state index contributed by atoms with van der Waals surface area (Å²) in [5, 5.41) is 6.99. The van der Waals surface area contributed by atoms with Gasteiger partial charge < -0.3 is 10.6 Å². The molecule has 2 aromatic rings. The van der Waals surface area contributed by atoms with Crippen LogP contribution in [0.25, 0.3) is 0 Å². The van der Waals surface area contributed by atoms with E-state index in [0.717, 1.165) is 19.4 Å². The van der Waals surface area contributed by atoms with E-state index in [2.05, 4.69) is 51.8 Å². The molecular weight excluding hydrogens is 284 g/mol. The Labute approximate surface area is 131 Å². The van der Waals surface area contributed by atoms with Gasteiger partial charge in [-0.25, -0.2) is 4.98 Å². The maximum absolute atomic E-state index is 6.14. The van der Waals surface area contributed by atoms with Crippen LogP contribution in [0.5, 0.6) is 0 Å². The lowest BCUT2D eigenvalue weighted by Gasteiger charge is -2.16. The van der Waals surface area contributed by atoms with Crippen LogP contribution in [0.4, 0.5) is 11.8 Å². The van der Waals surface area contributed by atoms with Crippen LogP contribution in [0.1, 0.15) is 25.8 Å². The zero-order valence-electron chi connectivity index (χ0n) is 12.4. The molecule has 0 bridgehead atoms. The second kappa shape index (κ2) is 7.84. The second-order valence-electron chi connectivity index (χ2n) is 4.99. The van der Waals surface area contributed by atoms with E-state index < -0.39 is 0 Å². The van der Waals surface area contributed by atoms with Gasteiger partial charge in [-0.2, -0.15) is 4.98 Å². The molecule has 0 aliphatic rings. The first kappa shape index (κ1) is 15.6. The third-order valence-corrected chi connectivity index (χ3v) is 3.45. The van der Waals surface area contributed by atoms with E-state index in [9.17, 15) is 0 Å². The summed E-state index contributed by atoms with van der Waals surface area (Å²) >= 11 is 6.14. The Morgan fingerprint density at radius 3 is 2.71 bits per heavy atom. The Kier molecular flexibility index (Phi) is 5.81. The lowest BCUT2D eigenvalue weighted by atomic mass is 10.1. The molecule has 0 aliphatic carbocycles. The van der Waals surface area contributed by atoms with Gasteiger partial charge in [0.05, 0.1) is 6.20 Å². The summed E-state index contributed by atoms with van der Waals surface area (Å²) in [5.74, 6) is 1.28. The van der Waals surface area contributed by atoms with Gasteiger partial charge in [-0.15, -0.1) is 0 Å². The fourth-order valence-corrected chi connectivity index (χ4v) is 2.19. The van der Waals surface area contributed by atoms with Crippen LogP contribution < -0.4 is 10.6 Å². The second-order valence-corrected chi connectivity index (χ2v) is 5.40. The number of aromatic nitrogens is 2. The van der Waals surface area contributed by atoms with Crippen LogP contribution >= 0.6 is 11.6 Å². The first-order valence-corrected chi connectivity index (χ1v) is 7.63. The Morgan fingerprint density at radius 1 is 1.24 bits per heavy atom. The van der Waals surface area contributed by atoms with Gasteiger partial charge in [-0.05, 0) is 32.3 Å². The molecule has 1 atom stereocenters. The predicted octanol–water partition coefficient (Wildman–Crippen LogP) is 4.00. The SMILES string of the molecule is CCNc1ncc(Cl)c(NC(C)CCc2ccccc2)n1. The van der Waals surface area contributed by atoms with Crippen molar-refractivity contribution in [3.63, 3.8) is 0 Å². The number of aryl methyl sites for hydroxylation is 1. The van der Waals surface area contributed by atoms with E-state index in [-0.39, 0.29) is 6.04 Å². The number of nitrogens with one attached hydrogen (secondary N) is 2. The fourth-order valence-electron chi connectivity index (χ4n) is 2.05. The molecule has 1 heterocycles. The first-order valence-electron chi connectivity index (χ1n) is 7.26. The molecule has 1 aromatic heterocycles. The summed E-state index contributed by atoms with van der Waals surface area (Å²) in [6.45, 7) is 4.92. The van der Waals surface area contributed by atoms with Crippen LogP contribution in [0.2, 0.25) is 5.02 Å². The average Bonchev–Trinajstić information content (AvgIpc) is 2.50. The number of hydrogen-bond donors (Lipinski definition) is 2. The monoisotopic (exact) mass is 304 g/mol. The number of rotatable bonds is 7. The van der Waals surface area contributed by atoms with Gasteiger partial charge >= 0.3 is 0 Å². The van der Waals surface area contributed by atoms with Gasteiger partial charge in [0.1, 0.15) is 5.02 Å². The van der Waals surface area contributed by atoms with Gasteiger partial charge in [0.15, 0.2) is 5.82 Å². The Bertz CT molecular complexity index is 559. The van der Waals surface area contributed by atoms with E-state index in [1.807, 2.05) is 13.0 Å². The third kappa shape index (κ3) is 4.90. The van der Waals surface area contributed by atoms with Crippen molar-refractivity contribution in [3.05, 3.63) is 47.1 Å². The predicted molar refractivity (Wildman–Crippen MR) is 89.1 cm³/mol. The molecule has 21 heavy (non-hydrogen) atoms. The zero-order chi connectivity index (χ0) is 15.1. The van der Waals surface area contributed by atoms with Gasteiger partial charge in [0.2, 0.25) is 5.95 Å². The molecule has 2 rings (SSSR count). The molecule has 5 heteroatoms.